The number of alkyl halides is 3. The minimum absolute atomic E-state index is 0.0948. The summed E-state index contributed by atoms with van der Waals surface area (Å²) < 4.78 is 46.1. The van der Waals surface area contributed by atoms with Gasteiger partial charge in [0, 0.05) is 32.7 Å². The standard InChI is InChI=1S/C23H28F3N3O3/c1-16-4-9-21(31-3)20(14-16)27-22(30)17(2)29-12-10-28(11-13-29)15-18-5-7-19(8-6-18)32-23(24,25)26/h4-9,14,17H,10-13,15H2,1-3H3,(H,27,30). The van der Waals surface area contributed by atoms with Gasteiger partial charge in [0.05, 0.1) is 18.8 Å². The summed E-state index contributed by atoms with van der Waals surface area (Å²) in [6.45, 7) is 7.41. The fraction of sp³-hybridized carbons (Fsp3) is 0.435. The summed E-state index contributed by atoms with van der Waals surface area (Å²) in [4.78, 5) is 17.1. The fourth-order valence-electron chi connectivity index (χ4n) is 3.69. The van der Waals surface area contributed by atoms with Gasteiger partial charge in [-0.05, 0) is 49.2 Å². The molecule has 1 unspecified atom stereocenters. The Hall–Kier alpha value is -2.78. The van der Waals surface area contributed by atoms with Gasteiger partial charge >= 0.3 is 6.36 Å². The highest BCUT2D eigenvalue weighted by Gasteiger charge is 2.31. The van der Waals surface area contributed by atoms with E-state index in [0.717, 1.165) is 37.3 Å². The number of benzene rings is 2. The molecule has 2 aromatic rings. The lowest BCUT2D eigenvalue weighted by Gasteiger charge is -2.37. The topological polar surface area (TPSA) is 54.0 Å². The van der Waals surface area contributed by atoms with Gasteiger partial charge in [0.1, 0.15) is 11.5 Å². The predicted octanol–water partition coefficient (Wildman–Crippen LogP) is 4.05. The van der Waals surface area contributed by atoms with Crippen molar-refractivity contribution in [1.82, 2.24) is 9.80 Å². The average molecular weight is 451 g/mol. The van der Waals surface area contributed by atoms with E-state index in [9.17, 15) is 18.0 Å². The normalized spacial score (nSPS) is 16.4. The predicted molar refractivity (Wildman–Crippen MR) is 116 cm³/mol. The highest BCUT2D eigenvalue weighted by Crippen LogP contribution is 2.26. The molecule has 9 heteroatoms. The first-order chi connectivity index (χ1) is 15.1. The smallest absolute Gasteiger partial charge is 0.495 e. The molecule has 1 saturated heterocycles. The SMILES string of the molecule is COc1ccc(C)cc1NC(=O)C(C)N1CCN(Cc2ccc(OC(F)(F)F)cc2)CC1. The number of halogens is 3. The van der Waals surface area contributed by atoms with Gasteiger partial charge in [-0.25, -0.2) is 0 Å². The van der Waals surface area contributed by atoms with Gasteiger partial charge in [0.25, 0.3) is 0 Å². The zero-order chi connectivity index (χ0) is 23.3. The minimum atomic E-state index is -4.69. The molecular weight excluding hydrogens is 423 g/mol. The van der Waals surface area contributed by atoms with E-state index in [1.165, 1.54) is 12.1 Å². The minimum Gasteiger partial charge on any atom is -0.495 e. The van der Waals surface area contributed by atoms with Crippen molar-refractivity contribution in [2.75, 3.05) is 38.6 Å². The van der Waals surface area contributed by atoms with Crippen molar-refractivity contribution in [3.05, 3.63) is 53.6 Å². The average Bonchev–Trinajstić information content (AvgIpc) is 2.74. The Morgan fingerprint density at radius 1 is 1.09 bits per heavy atom. The molecule has 0 aliphatic carbocycles. The molecule has 1 atom stereocenters. The van der Waals surface area contributed by atoms with Crippen LogP contribution in [0.1, 0.15) is 18.1 Å². The number of methoxy groups -OCH3 is 1. The quantitative estimate of drug-likeness (QED) is 0.689. The van der Waals surface area contributed by atoms with Crippen LogP contribution in [0.2, 0.25) is 0 Å². The third kappa shape index (κ3) is 6.61. The molecular formula is C23H28F3N3O3. The summed E-state index contributed by atoms with van der Waals surface area (Å²) in [6, 6.07) is 11.3. The van der Waals surface area contributed by atoms with Crippen LogP contribution in [0.5, 0.6) is 11.5 Å². The summed E-state index contributed by atoms with van der Waals surface area (Å²) in [7, 11) is 1.57. The maximum atomic E-state index is 12.8. The van der Waals surface area contributed by atoms with E-state index in [0.29, 0.717) is 18.0 Å². The largest absolute Gasteiger partial charge is 0.573 e. The van der Waals surface area contributed by atoms with E-state index in [4.69, 9.17) is 4.74 Å². The Morgan fingerprint density at radius 2 is 1.75 bits per heavy atom. The van der Waals surface area contributed by atoms with Crippen LogP contribution in [0.15, 0.2) is 42.5 Å². The van der Waals surface area contributed by atoms with Crippen molar-refractivity contribution in [3.8, 4) is 11.5 Å². The van der Waals surface area contributed by atoms with E-state index in [-0.39, 0.29) is 17.7 Å². The maximum absolute atomic E-state index is 12.8. The Labute approximate surface area is 185 Å². The molecule has 32 heavy (non-hydrogen) atoms. The number of rotatable bonds is 7. The number of anilines is 1. The van der Waals surface area contributed by atoms with Crippen LogP contribution in [0, 0.1) is 6.92 Å². The van der Waals surface area contributed by atoms with E-state index in [2.05, 4.69) is 19.9 Å². The highest BCUT2D eigenvalue weighted by molar-refractivity contribution is 5.96. The number of ether oxygens (including phenoxy) is 2. The maximum Gasteiger partial charge on any atom is 0.573 e. The third-order valence-electron chi connectivity index (χ3n) is 5.51. The third-order valence-corrected chi connectivity index (χ3v) is 5.51. The van der Waals surface area contributed by atoms with Gasteiger partial charge in [-0.15, -0.1) is 13.2 Å². The molecule has 3 rings (SSSR count). The number of nitrogens with one attached hydrogen (secondary N) is 1. The Balaban J connectivity index is 1.49. The molecule has 1 aliphatic rings. The number of piperazine rings is 1. The van der Waals surface area contributed by atoms with Crippen molar-refractivity contribution in [2.24, 2.45) is 0 Å². The molecule has 1 N–H and O–H groups in total. The molecule has 0 radical (unpaired) electrons. The van der Waals surface area contributed by atoms with Gasteiger partial charge in [-0.1, -0.05) is 18.2 Å². The van der Waals surface area contributed by atoms with Gasteiger partial charge in [0.15, 0.2) is 0 Å². The van der Waals surface area contributed by atoms with Gasteiger partial charge in [0.2, 0.25) is 5.91 Å². The second-order valence-electron chi connectivity index (χ2n) is 7.87. The van der Waals surface area contributed by atoms with Crippen molar-refractivity contribution in [3.63, 3.8) is 0 Å². The lowest BCUT2D eigenvalue weighted by molar-refractivity contribution is -0.274. The number of hydrogen-bond donors (Lipinski definition) is 1. The summed E-state index contributed by atoms with van der Waals surface area (Å²) >= 11 is 0. The Kier molecular flexibility index (Phi) is 7.63. The van der Waals surface area contributed by atoms with Gasteiger partial charge < -0.3 is 14.8 Å². The number of aryl methyl sites for hydroxylation is 1. The van der Waals surface area contributed by atoms with Crippen LogP contribution in [-0.2, 0) is 11.3 Å². The van der Waals surface area contributed by atoms with Crippen LogP contribution in [0.4, 0.5) is 18.9 Å². The molecule has 6 nitrogen and oxygen atoms in total. The molecule has 174 valence electrons. The number of amides is 1. The van der Waals surface area contributed by atoms with Gasteiger partial charge in [-0.2, -0.15) is 0 Å². The van der Waals surface area contributed by atoms with Crippen molar-refractivity contribution < 1.29 is 27.4 Å². The molecule has 0 bridgehead atoms. The van der Waals surface area contributed by atoms with E-state index in [1.54, 1.807) is 19.2 Å². The number of hydrogen-bond acceptors (Lipinski definition) is 5. The second kappa shape index (κ2) is 10.2. The van der Waals surface area contributed by atoms with Crippen LogP contribution in [0.25, 0.3) is 0 Å². The first-order valence-electron chi connectivity index (χ1n) is 10.4. The zero-order valence-electron chi connectivity index (χ0n) is 18.4. The summed E-state index contributed by atoms with van der Waals surface area (Å²) in [5, 5.41) is 2.96. The molecule has 1 heterocycles. The monoisotopic (exact) mass is 451 g/mol. The molecule has 0 spiro atoms. The van der Waals surface area contributed by atoms with Crippen LogP contribution in [-0.4, -0.2) is 61.4 Å². The zero-order valence-corrected chi connectivity index (χ0v) is 18.4. The molecule has 1 aliphatic heterocycles. The molecule has 0 aromatic heterocycles. The molecule has 1 fully saturated rings. The van der Waals surface area contributed by atoms with Crippen molar-refractivity contribution in [1.29, 1.82) is 0 Å². The van der Waals surface area contributed by atoms with Crippen molar-refractivity contribution >= 4 is 11.6 Å². The molecule has 1 amide bonds. The highest BCUT2D eigenvalue weighted by atomic mass is 19.4. The number of nitrogens with zero attached hydrogens (tertiary/aromatic N) is 2. The molecule has 2 aromatic carbocycles. The lowest BCUT2D eigenvalue weighted by atomic mass is 10.1. The number of carbonyl (C=O) groups excluding carboxylic acids is 1. The fourth-order valence-corrected chi connectivity index (χ4v) is 3.69. The Morgan fingerprint density at radius 3 is 2.34 bits per heavy atom. The van der Waals surface area contributed by atoms with Crippen LogP contribution >= 0.6 is 0 Å². The van der Waals surface area contributed by atoms with E-state index in [1.807, 2.05) is 32.0 Å². The van der Waals surface area contributed by atoms with E-state index >= 15 is 0 Å². The lowest BCUT2D eigenvalue weighted by Crippen LogP contribution is -2.52. The van der Waals surface area contributed by atoms with Gasteiger partial charge in [-0.3, -0.25) is 14.6 Å². The first kappa shape index (κ1) is 23.9. The summed E-state index contributed by atoms with van der Waals surface area (Å²) in [5.74, 6) is 0.298. The Bertz CT molecular complexity index is 911. The van der Waals surface area contributed by atoms with E-state index < -0.39 is 6.36 Å². The van der Waals surface area contributed by atoms with Crippen LogP contribution < -0.4 is 14.8 Å². The molecule has 0 saturated carbocycles. The van der Waals surface area contributed by atoms with Crippen LogP contribution in [0.3, 0.4) is 0 Å². The first-order valence-corrected chi connectivity index (χ1v) is 10.4. The second-order valence-corrected chi connectivity index (χ2v) is 7.87. The summed E-state index contributed by atoms with van der Waals surface area (Å²) in [6.07, 6.45) is -4.69. The van der Waals surface area contributed by atoms with Crippen molar-refractivity contribution in [2.45, 2.75) is 32.8 Å². The summed E-state index contributed by atoms with van der Waals surface area (Å²) in [5.41, 5.74) is 2.59. The number of carbonyl (C=O) groups is 1.